The van der Waals surface area contributed by atoms with Crippen molar-refractivity contribution in [2.45, 2.75) is 57.0 Å². The van der Waals surface area contributed by atoms with Gasteiger partial charge in [-0.05, 0) is 57.2 Å². The van der Waals surface area contributed by atoms with Gasteiger partial charge in [-0.2, -0.15) is 0 Å². The lowest BCUT2D eigenvalue weighted by Gasteiger charge is -2.28. The van der Waals surface area contributed by atoms with Gasteiger partial charge in [-0.3, -0.25) is 4.79 Å². The molecule has 106 valence electrons. The lowest BCUT2D eigenvalue weighted by molar-refractivity contribution is -0.122. The number of nitrogens with one attached hydrogen (secondary N) is 3. The maximum absolute atomic E-state index is 11.9. The Bertz CT molecular complexity index is 367. The van der Waals surface area contributed by atoms with Crippen LogP contribution in [0.4, 0.5) is 0 Å². The molecule has 0 atom stereocenters. The molecule has 4 heteroatoms. The summed E-state index contributed by atoms with van der Waals surface area (Å²) in [4.78, 5) is 14.9. The zero-order valence-electron chi connectivity index (χ0n) is 11.7. The lowest BCUT2D eigenvalue weighted by Crippen LogP contribution is -2.41. The molecule has 3 N–H and O–H groups in total. The molecule has 0 unspecified atom stereocenters. The first kappa shape index (κ1) is 14.1. The monoisotopic (exact) mass is 263 g/mol. The highest BCUT2D eigenvalue weighted by Gasteiger charge is 2.20. The van der Waals surface area contributed by atoms with Crippen molar-refractivity contribution in [2.75, 3.05) is 7.05 Å². The number of aromatic amines is 1. The van der Waals surface area contributed by atoms with E-state index in [4.69, 9.17) is 0 Å². The average molecular weight is 263 g/mol. The Labute approximate surface area is 115 Å². The molecule has 1 aromatic rings. The molecule has 4 nitrogen and oxygen atoms in total. The number of amides is 1. The maximum Gasteiger partial charge on any atom is 0.220 e. The van der Waals surface area contributed by atoms with E-state index in [2.05, 4.69) is 21.7 Å². The van der Waals surface area contributed by atoms with Gasteiger partial charge in [-0.15, -0.1) is 0 Å². The SMILES string of the molecule is CNC1CCC(NC(=O)CCCc2cc[nH]c2)CC1. The van der Waals surface area contributed by atoms with E-state index in [1.165, 1.54) is 18.4 Å². The highest BCUT2D eigenvalue weighted by Crippen LogP contribution is 2.18. The quantitative estimate of drug-likeness (QED) is 0.735. The van der Waals surface area contributed by atoms with E-state index >= 15 is 0 Å². The zero-order valence-corrected chi connectivity index (χ0v) is 11.7. The molecule has 1 fully saturated rings. The van der Waals surface area contributed by atoms with E-state index in [0.717, 1.165) is 25.7 Å². The Balaban J connectivity index is 1.59. The summed E-state index contributed by atoms with van der Waals surface area (Å²) in [5.74, 6) is 0.212. The van der Waals surface area contributed by atoms with Crippen molar-refractivity contribution in [3.63, 3.8) is 0 Å². The molecule has 2 rings (SSSR count). The molecule has 0 radical (unpaired) electrons. The van der Waals surface area contributed by atoms with Crippen LogP contribution < -0.4 is 10.6 Å². The van der Waals surface area contributed by atoms with Crippen LogP contribution in [0, 0.1) is 0 Å². The molecule has 1 saturated carbocycles. The van der Waals surface area contributed by atoms with Crippen LogP contribution in [0.5, 0.6) is 0 Å². The van der Waals surface area contributed by atoms with E-state index in [1.807, 2.05) is 19.4 Å². The number of aryl methyl sites for hydroxylation is 1. The van der Waals surface area contributed by atoms with Crippen LogP contribution in [-0.4, -0.2) is 30.0 Å². The number of H-pyrrole nitrogens is 1. The summed E-state index contributed by atoms with van der Waals surface area (Å²) in [6, 6.07) is 3.10. The summed E-state index contributed by atoms with van der Waals surface area (Å²) >= 11 is 0. The minimum atomic E-state index is 0.212. The van der Waals surface area contributed by atoms with E-state index in [0.29, 0.717) is 18.5 Å². The van der Waals surface area contributed by atoms with Crippen molar-refractivity contribution < 1.29 is 4.79 Å². The normalized spacial score (nSPS) is 23.2. The van der Waals surface area contributed by atoms with Crippen LogP contribution >= 0.6 is 0 Å². The van der Waals surface area contributed by atoms with Gasteiger partial charge < -0.3 is 15.6 Å². The summed E-state index contributed by atoms with van der Waals surface area (Å²) in [6.45, 7) is 0. The average Bonchev–Trinajstić information content (AvgIpc) is 2.93. The molecule has 0 aromatic carbocycles. The molecule has 1 aliphatic rings. The fourth-order valence-corrected chi connectivity index (χ4v) is 2.79. The van der Waals surface area contributed by atoms with Crippen LogP contribution in [0.1, 0.15) is 44.1 Å². The van der Waals surface area contributed by atoms with Gasteiger partial charge in [0.25, 0.3) is 0 Å². The van der Waals surface area contributed by atoms with E-state index in [9.17, 15) is 4.79 Å². The Hall–Kier alpha value is -1.29. The first-order valence-electron chi connectivity index (χ1n) is 7.36. The van der Waals surface area contributed by atoms with Gasteiger partial charge in [0.1, 0.15) is 0 Å². The van der Waals surface area contributed by atoms with Crippen LogP contribution in [0.3, 0.4) is 0 Å². The van der Waals surface area contributed by atoms with Crippen molar-refractivity contribution in [1.82, 2.24) is 15.6 Å². The van der Waals surface area contributed by atoms with Gasteiger partial charge >= 0.3 is 0 Å². The molecule has 19 heavy (non-hydrogen) atoms. The van der Waals surface area contributed by atoms with Gasteiger partial charge in [-0.25, -0.2) is 0 Å². The molecule has 0 aliphatic heterocycles. The van der Waals surface area contributed by atoms with Crippen molar-refractivity contribution >= 4 is 5.91 Å². The van der Waals surface area contributed by atoms with Crippen LogP contribution in [0.2, 0.25) is 0 Å². The molecule has 1 aromatic heterocycles. The van der Waals surface area contributed by atoms with Crippen molar-refractivity contribution in [3.8, 4) is 0 Å². The molecule has 1 amide bonds. The molecule has 0 saturated heterocycles. The third-order valence-electron chi connectivity index (χ3n) is 4.03. The Morgan fingerprint density at radius 1 is 1.32 bits per heavy atom. The van der Waals surface area contributed by atoms with Crippen LogP contribution in [0.25, 0.3) is 0 Å². The predicted molar refractivity (Wildman–Crippen MR) is 77.0 cm³/mol. The first-order valence-corrected chi connectivity index (χ1v) is 7.36. The van der Waals surface area contributed by atoms with Gasteiger partial charge in [0.05, 0.1) is 0 Å². The number of aromatic nitrogens is 1. The molecular weight excluding hydrogens is 238 g/mol. The van der Waals surface area contributed by atoms with Gasteiger partial charge in [-0.1, -0.05) is 0 Å². The lowest BCUT2D eigenvalue weighted by atomic mass is 9.91. The van der Waals surface area contributed by atoms with Gasteiger partial charge in [0.2, 0.25) is 5.91 Å². The number of carbonyl (C=O) groups is 1. The minimum absolute atomic E-state index is 0.212. The van der Waals surface area contributed by atoms with Crippen molar-refractivity contribution in [1.29, 1.82) is 0 Å². The standard InChI is InChI=1S/C15H25N3O/c1-16-13-5-7-14(8-6-13)18-15(19)4-2-3-12-9-10-17-11-12/h9-11,13-14,16-17H,2-8H2,1H3,(H,18,19). The van der Waals surface area contributed by atoms with E-state index in [1.54, 1.807) is 0 Å². The predicted octanol–water partition coefficient (Wildman–Crippen LogP) is 1.98. The molecule has 0 spiro atoms. The number of hydrogen-bond donors (Lipinski definition) is 3. The second kappa shape index (κ2) is 7.34. The third-order valence-corrected chi connectivity index (χ3v) is 4.03. The minimum Gasteiger partial charge on any atom is -0.367 e. The molecule has 1 heterocycles. The highest BCUT2D eigenvalue weighted by molar-refractivity contribution is 5.76. The Morgan fingerprint density at radius 2 is 2.05 bits per heavy atom. The second-order valence-corrected chi connectivity index (χ2v) is 5.48. The van der Waals surface area contributed by atoms with Gasteiger partial charge in [0.15, 0.2) is 0 Å². The zero-order chi connectivity index (χ0) is 13.5. The van der Waals surface area contributed by atoms with Crippen molar-refractivity contribution in [3.05, 3.63) is 24.0 Å². The summed E-state index contributed by atoms with van der Waals surface area (Å²) in [5, 5.41) is 6.48. The summed E-state index contributed by atoms with van der Waals surface area (Å²) in [7, 11) is 2.02. The van der Waals surface area contributed by atoms with E-state index in [-0.39, 0.29) is 5.91 Å². The van der Waals surface area contributed by atoms with Crippen LogP contribution in [-0.2, 0) is 11.2 Å². The second-order valence-electron chi connectivity index (χ2n) is 5.48. The number of carbonyl (C=O) groups excluding carboxylic acids is 1. The van der Waals surface area contributed by atoms with Crippen molar-refractivity contribution in [2.24, 2.45) is 0 Å². The van der Waals surface area contributed by atoms with Crippen LogP contribution in [0.15, 0.2) is 18.5 Å². The summed E-state index contributed by atoms with van der Waals surface area (Å²) < 4.78 is 0. The number of hydrogen-bond acceptors (Lipinski definition) is 2. The summed E-state index contributed by atoms with van der Waals surface area (Å²) in [6.07, 6.45) is 11.0. The fraction of sp³-hybridized carbons (Fsp3) is 0.667. The Morgan fingerprint density at radius 3 is 2.68 bits per heavy atom. The smallest absolute Gasteiger partial charge is 0.220 e. The molecule has 0 bridgehead atoms. The molecule has 1 aliphatic carbocycles. The molecular formula is C15H25N3O. The summed E-state index contributed by atoms with van der Waals surface area (Å²) in [5.41, 5.74) is 1.28. The van der Waals surface area contributed by atoms with E-state index < -0.39 is 0 Å². The fourth-order valence-electron chi connectivity index (χ4n) is 2.79. The topological polar surface area (TPSA) is 56.9 Å². The first-order chi connectivity index (χ1) is 9.28. The third kappa shape index (κ3) is 4.71. The highest BCUT2D eigenvalue weighted by atomic mass is 16.1. The Kier molecular flexibility index (Phi) is 5.45. The maximum atomic E-state index is 11.9. The van der Waals surface area contributed by atoms with Gasteiger partial charge in [0, 0.05) is 30.9 Å². The number of rotatable bonds is 6. The largest absolute Gasteiger partial charge is 0.367 e.